The summed E-state index contributed by atoms with van der Waals surface area (Å²) >= 11 is 0. The summed E-state index contributed by atoms with van der Waals surface area (Å²) in [6, 6.07) is 0. The number of rotatable bonds is 6. The molecule has 0 atom stereocenters. The summed E-state index contributed by atoms with van der Waals surface area (Å²) in [5.41, 5.74) is 13.0. The Morgan fingerprint density at radius 2 is 1.95 bits per heavy atom. The van der Waals surface area contributed by atoms with Gasteiger partial charge in [0.05, 0.1) is 23.6 Å². The zero-order valence-corrected chi connectivity index (χ0v) is 12.5. The Labute approximate surface area is 118 Å². The molecule has 0 aliphatic carbocycles. The summed E-state index contributed by atoms with van der Waals surface area (Å²) in [7, 11) is 0. The van der Waals surface area contributed by atoms with Gasteiger partial charge < -0.3 is 16.4 Å². The van der Waals surface area contributed by atoms with E-state index in [4.69, 9.17) is 11.5 Å². The van der Waals surface area contributed by atoms with Gasteiger partial charge in [-0.2, -0.15) is 5.10 Å². The van der Waals surface area contributed by atoms with Crippen LogP contribution in [-0.2, 0) is 16.1 Å². The first-order valence-corrected chi connectivity index (χ1v) is 6.58. The van der Waals surface area contributed by atoms with Crippen molar-refractivity contribution in [3.63, 3.8) is 0 Å². The van der Waals surface area contributed by atoms with Crippen molar-refractivity contribution in [3.8, 4) is 0 Å². The third-order valence-corrected chi connectivity index (χ3v) is 3.01. The number of aromatic nitrogens is 2. The van der Waals surface area contributed by atoms with E-state index >= 15 is 0 Å². The third kappa shape index (κ3) is 3.97. The largest absolute Gasteiger partial charge is 0.396 e. The molecule has 0 saturated carbocycles. The summed E-state index contributed by atoms with van der Waals surface area (Å²) in [6.45, 7) is 8.01. The van der Waals surface area contributed by atoms with Crippen LogP contribution in [0.4, 0.5) is 5.69 Å². The predicted octanol–water partition coefficient (Wildman–Crippen LogP) is 0.0520. The van der Waals surface area contributed by atoms with Crippen LogP contribution in [0.25, 0.3) is 0 Å². The Morgan fingerprint density at radius 1 is 1.35 bits per heavy atom. The fraction of sp³-hybridized carbons (Fsp3) is 0.615. The van der Waals surface area contributed by atoms with Crippen LogP contribution in [0.3, 0.4) is 0 Å². The Balaban J connectivity index is 2.84. The van der Waals surface area contributed by atoms with Gasteiger partial charge in [-0.1, -0.05) is 13.8 Å². The molecule has 7 heteroatoms. The van der Waals surface area contributed by atoms with Gasteiger partial charge in [-0.05, 0) is 19.8 Å². The minimum atomic E-state index is -0.521. The normalized spacial score (nSPS) is 10.8. The molecule has 1 aromatic heterocycles. The molecular formula is C13H23N5O2. The highest BCUT2D eigenvalue weighted by atomic mass is 16.2. The lowest BCUT2D eigenvalue weighted by molar-refractivity contribution is -0.136. The summed E-state index contributed by atoms with van der Waals surface area (Å²) in [6.07, 6.45) is 0. The first-order valence-electron chi connectivity index (χ1n) is 6.58. The van der Waals surface area contributed by atoms with Crippen molar-refractivity contribution in [1.29, 1.82) is 0 Å². The topological polar surface area (TPSA) is 107 Å². The summed E-state index contributed by atoms with van der Waals surface area (Å²) in [5.74, 6) is -0.459. The maximum absolute atomic E-state index is 12.3. The van der Waals surface area contributed by atoms with Crippen LogP contribution in [0.2, 0.25) is 0 Å². The molecule has 0 radical (unpaired) electrons. The van der Waals surface area contributed by atoms with Crippen molar-refractivity contribution in [2.75, 3.05) is 18.8 Å². The van der Waals surface area contributed by atoms with E-state index in [-0.39, 0.29) is 24.9 Å². The van der Waals surface area contributed by atoms with Crippen LogP contribution in [0.1, 0.15) is 25.2 Å². The van der Waals surface area contributed by atoms with Crippen molar-refractivity contribution in [2.24, 2.45) is 11.7 Å². The number of nitrogens with two attached hydrogens (primary N) is 2. The zero-order valence-electron chi connectivity index (χ0n) is 12.5. The number of nitrogen functional groups attached to an aromatic ring is 1. The van der Waals surface area contributed by atoms with Gasteiger partial charge in [-0.25, -0.2) is 0 Å². The molecule has 0 aromatic carbocycles. The summed E-state index contributed by atoms with van der Waals surface area (Å²) < 4.78 is 1.56. The number of amides is 2. The van der Waals surface area contributed by atoms with Gasteiger partial charge in [-0.15, -0.1) is 0 Å². The second-order valence-corrected chi connectivity index (χ2v) is 5.38. The molecule has 0 unspecified atom stereocenters. The minimum absolute atomic E-state index is 0.0594. The minimum Gasteiger partial charge on any atom is -0.396 e. The predicted molar refractivity (Wildman–Crippen MR) is 76.7 cm³/mol. The first-order chi connectivity index (χ1) is 9.22. The second-order valence-electron chi connectivity index (χ2n) is 5.38. The molecule has 0 aliphatic rings. The van der Waals surface area contributed by atoms with E-state index in [2.05, 4.69) is 5.10 Å². The lowest BCUT2D eigenvalue weighted by Gasteiger charge is -2.23. The average molecular weight is 281 g/mol. The number of nitrogens with zero attached hydrogens (tertiary/aromatic N) is 3. The van der Waals surface area contributed by atoms with E-state index in [9.17, 15) is 9.59 Å². The number of hydrogen-bond acceptors (Lipinski definition) is 4. The van der Waals surface area contributed by atoms with Crippen molar-refractivity contribution in [3.05, 3.63) is 11.4 Å². The van der Waals surface area contributed by atoms with Crippen LogP contribution in [0, 0.1) is 19.8 Å². The number of carbonyl (C=O) groups is 2. The van der Waals surface area contributed by atoms with Gasteiger partial charge in [0.15, 0.2) is 0 Å². The first kappa shape index (κ1) is 16.0. The average Bonchev–Trinajstić information content (AvgIpc) is 2.55. The quantitative estimate of drug-likeness (QED) is 0.768. The molecule has 20 heavy (non-hydrogen) atoms. The highest BCUT2D eigenvalue weighted by Gasteiger charge is 2.19. The SMILES string of the molecule is Cc1nn(CC(=O)N(CC(N)=O)CC(C)C)c(C)c1N. The second kappa shape index (κ2) is 6.40. The Kier molecular flexibility index (Phi) is 5.12. The van der Waals surface area contributed by atoms with Crippen molar-refractivity contribution in [2.45, 2.75) is 34.2 Å². The molecule has 1 aromatic rings. The fourth-order valence-electron chi connectivity index (χ4n) is 1.98. The lowest BCUT2D eigenvalue weighted by atomic mass is 10.2. The summed E-state index contributed by atoms with van der Waals surface area (Å²) in [4.78, 5) is 24.8. The van der Waals surface area contributed by atoms with Crippen LogP contribution in [0.15, 0.2) is 0 Å². The lowest BCUT2D eigenvalue weighted by Crippen LogP contribution is -2.42. The van der Waals surface area contributed by atoms with Gasteiger partial charge in [0.2, 0.25) is 11.8 Å². The van der Waals surface area contributed by atoms with Gasteiger partial charge in [0.25, 0.3) is 0 Å². The molecule has 112 valence electrons. The number of primary amides is 1. The van der Waals surface area contributed by atoms with Crippen LogP contribution >= 0.6 is 0 Å². The third-order valence-electron chi connectivity index (χ3n) is 3.01. The number of aryl methyl sites for hydroxylation is 1. The number of anilines is 1. The van der Waals surface area contributed by atoms with E-state index in [0.717, 1.165) is 5.69 Å². The number of hydrogen-bond donors (Lipinski definition) is 2. The molecule has 4 N–H and O–H groups in total. The zero-order chi connectivity index (χ0) is 15.4. The van der Waals surface area contributed by atoms with Gasteiger partial charge in [-0.3, -0.25) is 14.3 Å². The molecule has 0 aliphatic heterocycles. The van der Waals surface area contributed by atoms with E-state index in [1.54, 1.807) is 11.6 Å². The van der Waals surface area contributed by atoms with Gasteiger partial charge in [0.1, 0.15) is 6.54 Å². The highest BCUT2D eigenvalue weighted by molar-refractivity contribution is 5.83. The van der Waals surface area contributed by atoms with Crippen molar-refractivity contribution < 1.29 is 9.59 Å². The molecule has 2 amide bonds. The van der Waals surface area contributed by atoms with Gasteiger partial charge >= 0.3 is 0 Å². The van der Waals surface area contributed by atoms with E-state index in [0.29, 0.717) is 17.9 Å². The smallest absolute Gasteiger partial charge is 0.244 e. The molecule has 0 bridgehead atoms. The monoisotopic (exact) mass is 281 g/mol. The Morgan fingerprint density at radius 3 is 2.35 bits per heavy atom. The highest BCUT2D eigenvalue weighted by Crippen LogP contribution is 2.15. The fourth-order valence-corrected chi connectivity index (χ4v) is 1.98. The maximum atomic E-state index is 12.3. The molecule has 0 saturated heterocycles. The van der Waals surface area contributed by atoms with Crippen molar-refractivity contribution in [1.82, 2.24) is 14.7 Å². The van der Waals surface area contributed by atoms with E-state index in [1.165, 1.54) is 4.90 Å². The molecule has 0 fully saturated rings. The molecule has 7 nitrogen and oxygen atoms in total. The summed E-state index contributed by atoms with van der Waals surface area (Å²) in [5, 5.41) is 4.22. The molecule has 1 rings (SSSR count). The molecule has 0 spiro atoms. The van der Waals surface area contributed by atoms with Crippen LogP contribution < -0.4 is 11.5 Å². The standard InChI is InChI=1S/C13H23N5O2/c1-8(2)5-17(6-11(14)19)12(20)7-18-10(4)13(15)9(3)16-18/h8H,5-7,15H2,1-4H3,(H2,14,19). The Bertz CT molecular complexity index is 507. The van der Waals surface area contributed by atoms with Crippen LogP contribution in [0.5, 0.6) is 0 Å². The van der Waals surface area contributed by atoms with E-state index in [1.807, 2.05) is 20.8 Å². The van der Waals surface area contributed by atoms with E-state index < -0.39 is 5.91 Å². The number of carbonyl (C=O) groups excluding carboxylic acids is 2. The van der Waals surface area contributed by atoms with Crippen molar-refractivity contribution >= 4 is 17.5 Å². The van der Waals surface area contributed by atoms with Crippen LogP contribution in [-0.4, -0.2) is 39.6 Å². The molecule has 1 heterocycles. The molecular weight excluding hydrogens is 258 g/mol. The Hall–Kier alpha value is -2.05. The maximum Gasteiger partial charge on any atom is 0.244 e. The van der Waals surface area contributed by atoms with Gasteiger partial charge in [0, 0.05) is 6.54 Å².